The average molecular weight is 281 g/mol. The lowest BCUT2D eigenvalue weighted by atomic mass is 9.89. The molecule has 110 valence electrons. The fourth-order valence-electron chi connectivity index (χ4n) is 4.03. The first-order valence-corrected chi connectivity index (χ1v) is 8.22. The zero-order valence-electron chi connectivity index (χ0n) is 12.5. The lowest BCUT2D eigenvalue weighted by molar-refractivity contribution is -0.0767. The summed E-state index contributed by atoms with van der Waals surface area (Å²) >= 11 is 0. The van der Waals surface area contributed by atoms with E-state index < -0.39 is 0 Å². The van der Waals surface area contributed by atoms with Crippen LogP contribution in [0.4, 0.5) is 5.69 Å². The second-order valence-electron chi connectivity index (χ2n) is 6.63. The number of benzene rings is 2. The van der Waals surface area contributed by atoms with Crippen molar-refractivity contribution in [2.45, 2.75) is 50.2 Å². The summed E-state index contributed by atoms with van der Waals surface area (Å²) in [5.41, 5.74) is 1.43. The first-order valence-electron chi connectivity index (χ1n) is 8.22. The summed E-state index contributed by atoms with van der Waals surface area (Å²) in [6, 6.07) is 15.8. The van der Waals surface area contributed by atoms with Crippen molar-refractivity contribution in [3.63, 3.8) is 0 Å². The van der Waals surface area contributed by atoms with Crippen LogP contribution in [-0.4, -0.2) is 18.2 Å². The smallest absolute Gasteiger partial charge is 0.0702 e. The van der Waals surface area contributed by atoms with Crippen LogP contribution in [0, 0.1) is 0 Å². The molecule has 1 heterocycles. The Bertz CT molecular complexity index is 630. The quantitative estimate of drug-likeness (QED) is 0.858. The third kappa shape index (κ3) is 2.65. The van der Waals surface area contributed by atoms with Gasteiger partial charge in [-0.2, -0.15) is 0 Å². The molecule has 2 fully saturated rings. The van der Waals surface area contributed by atoms with Crippen molar-refractivity contribution in [1.29, 1.82) is 0 Å². The molecule has 1 saturated carbocycles. The van der Waals surface area contributed by atoms with Gasteiger partial charge < -0.3 is 10.1 Å². The molecule has 1 unspecified atom stereocenters. The molecule has 2 heteroatoms. The highest BCUT2D eigenvalue weighted by molar-refractivity contribution is 5.85. The molecule has 2 aromatic rings. The van der Waals surface area contributed by atoms with E-state index in [4.69, 9.17) is 4.74 Å². The second-order valence-corrected chi connectivity index (χ2v) is 6.63. The monoisotopic (exact) mass is 281 g/mol. The molecule has 0 radical (unpaired) electrons. The summed E-state index contributed by atoms with van der Waals surface area (Å²) < 4.78 is 6.12. The molecule has 0 amide bonds. The van der Waals surface area contributed by atoms with Gasteiger partial charge >= 0.3 is 0 Å². The third-order valence-electron chi connectivity index (χ3n) is 5.13. The minimum atomic E-state index is 0.187. The number of nitrogens with one attached hydrogen (secondary N) is 1. The van der Waals surface area contributed by atoms with Crippen LogP contribution in [0.5, 0.6) is 0 Å². The van der Waals surface area contributed by atoms with Crippen LogP contribution in [0.3, 0.4) is 0 Å². The van der Waals surface area contributed by atoms with Gasteiger partial charge in [0, 0.05) is 18.3 Å². The van der Waals surface area contributed by atoms with Crippen molar-refractivity contribution >= 4 is 16.5 Å². The van der Waals surface area contributed by atoms with E-state index in [0.717, 1.165) is 13.0 Å². The van der Waals surface area contributed by atoms with Crippen LogP contribution >= 0.6 is 0 Å². The minimum absolute atomic E-state index is 0.187. The number of anilines is 1. The van der Waals surface area contributed by atoms with E-state index in [0.29, 0.717) is 6.04 Å². The lowest BCUT2D eigenvalue weighted by Gasteiger charge is -2.39. The molecule has 2 aliphatic rings. The van der Waals surface area contributed by atoms with Gasteiger partial charge in [0.1, 0.15) is 0 Å². The fraction of sp³-hybridized carbons (Fsp3) is 0.474. The maximum Gasteiger partial charge on any atom is 0.0702 e. The molecule has 1 N–H and O–H groups in total. The first kappa shape index (κ1) is 13.1. The van der Waals surface area contributed by atoms with E-state index in [9.17, 15) is 0 Å². The number of rotatable bonds is 2. The van der Waals surface area contributed by atoms with Gasteiger partial charge in [-0.25, -0.2) is 0 Å². The summed E-state index contributed by atoms with van der Waals surface area (Å²) in [5.74, 6) is 0. The second kappa shape index (κ2) is 5.34. The zero-order valence-corrected chi connectivity index (χ0v) is 12.5. The molecule has 1 aliphatic heterocycles. The molecule has 1 spiro atoms. The Kier molecular flexibility index (Phi) is 3.34. The Balaban J connectivity index is 1.51. The average Bonchev–Trinajstić information content (AvgIpc) is 2.95. The van der Waals surface area contributed by atoms with Crippen LogP contribution in [0.1, 0.15) is 38.5 Å². The first-order chi connectivity index (χ1) is 10.3. The summed E-state index contributed by atoms with van der Waals surface area (Å²) in [6.45, 7) is 0.908. The summed E-state index contributed by atoms with van der Waals surface area (Å²) in [5, 5.41) is 6.36. The van der Waals surface area contributed by atoms with E-state index in [1.54, 1.807) is 0 Å². The molecule has 1 aliphatic carbocycles. The highest BCUT2D eigenvalue weighted by Gasteiger charge is 2.39. The largest absolute Gasteiger partial charge is 0.382 e. The molecule has 4 rings (SSSR count). The van der Waals surface area contributed by atoms with Gasteiger partial charge in [-0.05, 0) is 48.6 Å². The number of fused-ring (bicyclic) bond motifs is 1. The number of hydrogen-bond acceptors (Lipinski definition) is 2. The molecule has 2 nitrogen and oxygen atoms in total. The Labute approximate surface area is 126 Å². The van der Waals surface area contributed by atoms with Crippen molar-refractivity contribution in [2.24, 2.45) is 0 Å². The summed E-state index contributed by atoms with van der Waals surface area (Å²) in [7, 11) is 0. The van der Waals surface area contributed by atoms with Crippen molar-refractivity contribution in [3.05, 3.63) is 42.5 Å². The predicted octanol–water partition coefficient (Wildman–Crippen LogP) is 4.74. The lowest BCUT2D eigenvalue weighted by Crippen LogP contribution is -2.42. The van der Waals surface area contributed by atoms with E-state index in [2.05, 4.69) is 47.8 Å². The van der Waals surface area contributed by atoms with Gasteiger partial charge in [-0.15, -0.1) is 0 Å². The Hall–Kier alpha value is -1.54. The molecule has 2 aromatic carbocycles. The maximum absolute atomic E-state index is 6.12. The van der Waals surface area contributed by atoms with Gasteiger partial charge in [0.05, 0.1) is 5.60 Å². The van der Waals surface area contributed by atoms with Crippen molar-refractivity contribution in [2.75, 3.05) is 11.9 Å². The van der Waals surface area contributed by atoms with Crippen LogP contribution < -0.4 is 5.32 Å². The molecule has 1 atom stereocenters. The van der Waals surface area contributed by atoms with E-state index in [1.165, 1.54) is 48.6 Å². The van der Waals surface area contributed by atoms with Crippen molar-refractivity contribution < 1.29 is 4.74 Å². The summed E-state index contributed by atoms with van der Waals surface area (Å²) in [6.07, 6.45) is 7.46. The molecule has 1 saturated heterocycles. The van der Waals surface area contributed by atoms with Crippen LogP contribution in [0.2, 0.25) is 0 Å². The van der Waals surface area contributed by atoms with E-state index in [-0.39, 0.29) is 5.60 Å². The van der Waals surface area contributed by atoms with Crippen LogP contribution in [-0.2, 0) is 4.74 Å². The number of hydrogen-bond donors (Lipinski definition) is 1. The Morgan fingerprint density at radius 2 is 1.81 bits per heavy atom. The van der Waals surface area contributed by atoms with Gasteiger partial charge in [0.15, 0.2) is 0 Å². The minimum Gasteiger partial charge on any atom is -0.382 e. The highest BCUT2D eigenvalue weighted by atomic mass is 16.5. The third-order valence-corrected chi connectivity index (χ3v) is 5.13. The highest BCUT2D eigenvalue weighted by Crippen LogP contribution is 2.40. The zero-order chi connectivity index (χ0) is 14.1. The standard InChI is InChI=1S/C19H23NO/c1-2-6-16-13-17(8-7-15(16)5-1)20-18-9-12-21-19(14-18)10-3-4-11-19/h1-2,5-8,13,18,20H,3-4,9-12,14H2. The SMILES string of the molecule is c1ccc2cc(NC3CCOC4(CCCC4)C3)ccc2c1. The van der Waals surface area contributed by atoms with Crippen molar-refractivity contribution in [3.8, 4) is 0 Å². The topological polar surface area (TPSA) is 21.3 Å². The fourth-order valence-corrected chi connectivity index (χ4v) is 4.03. The molecule has 0 bridgehead atoms. The van der Waals surface area contributed by atoms with Gasteiger partial charge in [0.25, 0.3) is 0 Å². The van der Waals surface area contributed by atoms with E-state index in [1.807, 2.05) is 0 Å². The van der Waals surface area contributed by atoms with Crippen LogP contribution in [0.25, 0.3) is 10.8 Å². The maximum atomic E-state index is 6.12. The normalized spacial score (nSPS) is 24.5. The van der Waals surface area contributed by atoms with Gasteiger partial charge in [-0.3, -0.25) is 0 Å². The molecular weight excluding hydrogens is 258 g/mol. The van der Waals surface area contributed by atoms with Crippen molar-refractivity contribution in [1.82, 2.24) is 0 Å². The predicted molar refractivity (Wildman–Crippen MR) is 87.7 cm³/mol. The molecule has 0 aromatic heterocycles. The molecule has 21 heavy (non-hydrogen) atoms. The molecular formula is C19H23NO. The van der Waals surface area contributed by atoms with Gasteiger partial charge in [-0.1, -0.05) is 43.2 Å². The Morgan fingerprint density at radius 3 is 2.67 bits per heavy atom. The van der Waals surface area contributed by atoms with Crippen LogP contribution in [0.15, 0.2) is 42.5 Å². The Morgan fingerprint density at radius 1 is 1.00 bits per heavy atom. The summed E-state index contributed by atoms with van der Waals surface area (Å²) in [4.78, 5) is 0. The number of ether oxygens (including phenoxy) is 1. The van der Waals surface area contributed by atoms with E-state index >= 15 is 0 Å². The van der Waals surface area contributed by atoms with Gasteiger partial charge in [0.2, 0.25) is 0 Å².